The van der Waals surface area contributed by atoms with Gasteiger partial charge in [-0.3, -0.25) is 14.6 Å². The minimum atomic E-state index is -0.501. The van der Waals surface area contributed by atoms with Gasteiger partial charge < -0.3 is 15.4 Å². The Labute approximate surface area is 173 Å². The smallest absolute Gasteiger partial charge is 0.269 e. The summed E-state index contributed by atoms with van der Waals surface area (Å²) in [5.74, 6) is 0.162. The van der Waals surface area contributed by atoms with Crippen LogP contribution in [0.25, 0.3) is 6.08 Å². The Bertz CT molecular complexity index is 1120. The quantitative estimate of drug-likeness (QED) is 0.486. The molecule has 0 spiro atoms. The molecule has 0 aliphatic rings. The Morgan fingerprint density at radius 2 is 1.77 bits per heavy atom. The molecule has 7 heteroatoms. The highest BCUT2D eigenvalue weighted by Crippen LogP contribution is 2.23. The van der Waals surface area contributed by atoms with E-state index in [0.717, 1.165) is 5.56 Å². The molecule has 0 bridgehead atoms. The van der Waals surface area contributed by atoms with Gasteiger partial charge in [0.25, 0.3) is 11.8 Å². The summed E-state index contributed by atoms with van der Waals surface area (Å²) >= 11 is 0. The van der Waals surface area contributed by atoms with Crippen molar-refractivity contribution in [3.63, 3.8) is 0 Å². The molecule has 0 fully saturated rings. The third-order valence-electron chi connectivity index (χ3n) is 4.01. The van der Waals surface area contributed by atoms with Gasteiger partial charge in [-0.1, -0.05) is 30.3 Å². The molecule has 0 radical (unpaired) electrons. The molecule has 2 aromatic carbocycles. The van der Waals surface area contributed by atoms with Gasteiger partial charge in [0, 0.05) is 25.0 Å². The maximum absolute atomic E-state index is 12.4. The van der Waals surface area contributed by atoms with Crippen molar-refractivity contribution < 1.29 is 14.3 Å². The Morgan fingerprint density at radius 1 is 1.03 bits per heavy atom. The fourth-order valence-corrected chi connectivity index (χ4v) is 2.53. The summed E-state index contributed by atoms with van der Waals surface area (Å²) in [5.41, 5.74) is 1.52. The highest BCUT2D eigenvalue weighted by Gasteiger charge is 2.10. The number of nitriles is 1. The first-order valence-electron chi connectivity index (χ1n) is 9.03. The van der Waals surface area contributed by atoms with E-state index >= 15 is 0 Å². The zero-order valence-electron chi connectivity index (χ0n) is 16.1. The Kier molecular flexibility index (Phi) is 6.54. The van der Waals surface area contributed by atoms with Crippen molar-refractivity contribution in [1.82, 2.24) is 10.3 Å². The molecule has 2 N–H and O–H groups in total. The van der Waals surface area contributed by atoms with Crippen LogP contribution in [0.2, 0.25) is 0 Å². The zero-order valence-corrected chi connectivity index (χ0v) is 16.1. The first kappa shape index (κ1) is 20.3. The van der Waals surface area contributed by atoms with E-state index in [1.54, 1.807) is 30.3 Å². The molecular weight excluding hydrogens is 380 g/mol. The summed E-state index contributed by atoms with van der Waals surface area (Å²) in [6.45, 7) is 0. The maximum atomic E-state index is 12.4. The number of hydrogen-bond donors (Lipinski definition) is 2. The second-order valence-corrected chi connectivity index (χ2v) is 6.12. The highest BCUT2D eigenvalue weighted by atomic mass is 16.5. The zero-order chi connectivity index (χ0) is 21.3. The summed E-state index contributed by atoms with van der Waals surface area (Å²) in [6.07, 6.45) is 3.01. The Hall–Kier alpha value is -4.44. The van der Waals surface area contributed by atoms with Crippen molar-refractivity contribution in [3.8, 4) is 17.6 Å². The fraction of sp³-hybridized carbons (Fsp3) is 0.0435. The number of benzene rings is 2. The van der Waals surface area contributed by atoms with E-state index in [0.29, 0.717) is 17.2 Å². The van der Waals surface area contributed by atoms with Crippen LogP contribution in [0.15, 0.2) is 78.5 Å². The molecule has 1 heterocycles. The maximum Gasteiger partial charge on any atom is 0.269 e. The number of anilines is 1. The second kappa shape index (κ2) is 9.66. The number of nitrogens with zero attached hydrogens (tertiary/aromatic N) is 2. The molecule has 0 aliphatic heterocycles. The molecule has 7 nitrogen and oxygen atoms in total. The number of carbonyl (C=O) groups excluding carboxylic acids is 2. The minimum Gasteiger partial charge on any atom is -0.457 e. The lowest BCUT2D eigenvalue weighted by Crippen LogP contribution is -2.18. The lowest BCUT2D eigenvalue weighted by atomic mass is 10.1. The predicted molar refractivity (Wildman–Crippen MR) is 113 cm³/mol. The van der Waals surface area contributed by atoms with Crippen molar-refractivity contribution >= 4 is 23.6 Å². The topological polar surface area (TPSA) is 104 Å². The van der Waals surface area contributed by atoms with Gasteiger partial charge in [0.2, 0.25) is 0 Å². The standard InChI is InChI=1S/C23H18N4O3/c1-25-23(29)21-14-20(11-12-26-21)30-19-9-7-18(8-10-19)27-22(28)17(15-24)13-16-5-3-2-4-6-16/h2-14H,1H3,(H,25,29)(H,27,28)/b17-13+. The number of ether oxygens (including phenoxy) is 1. The van der Waals surface area contributed by atoms with Gasteiger partial charge in [0.1, 0.15) is 28.8 Å². The summed E-state index contributed by atoms with van der Waals surface area (Å²) in [5, 5.41) is 14.5. The second-order valence-electron chi connectivity index (χ2n) is 6.12. The molecule has 0 aliphatic carbocycles. The van der Waals surface area contributed by atoms with Gasteiger partial charge in [-0.15, -0.1) is 0 Å². The van der Waals surface area contributed by atoms with Crippen LogP contribution < -0.4 is 15.4 Å². The van der Waals surface area contributed by atoms with Crippen LogP contribution in [-0.2, 0) is 4.79 Å². The number of aromatic nitrogens is 1. The molecule has 148 valence electrons. The molecule has 2 amide bonds. The monoisotopic (exact) mass is 398 g/mol. The van der Waals surface area contributed by atoms with Crippen LogP contribution in [0.3, 0.4) is 0 Å². The fourth-order valence-electron chi connectivity index (χ4n) is 2.53. The van der Waals surface area contributed by atoms with Crippen molar-refractivity contribution in [2.45, 2.75) is 0 Å². The van der Waals surface area contributed by atoms with Crippen molar-refractivity contribution in [1.29, 1.82) is 5.26 Å². The van der Waals surface area contributed by atoms with Crippen molar-refractivity contribution in [2.75, 3.05) is 12.4 Å². The molecule has 0 saturated heterocycles. The number of rotatable bonds is 6. The van der Waals surface area contributed by atoms with E-state index in [1.165, 1.54) is 25.4 Å². The molecular formula is C23H18N4O3. The average Bonchev–Trinajstić information content (AvgIpc) is 2.79. The van der Waals surface area contributed by atoms with Crippen LogP contribution in [0, 0.1) is 11.3 Å². The summed E-state index contributed by atoms with van der Waals surface area (Å²) in [4.78, 5) is 28.0. The molecule has 3 rings (SSSR count). The van der Waals surface area contributed by atoms with E-state index in [2.05, 4.69) is 15.6 Å². The molecule has 0 unspecified atom stereocenters. The molecule has 0 atom stereocenters. The van der Waals surface area contributed by atoms with Crippen LogP contribution in [0.1, 0.15) is 16.1 Å². The third kappa shape index (κ3) is 5.30. The number of nitrogens with one attached hydrogen (secondary N) is 2. The van der Waals surface area contributed by atoms with E-state index < -0.39 is 5.91 Å². The van der Waals surface area contributed by atoms with Gasteiger partial charge in [-0.25, -0.2) is 0 Å². The number of hydrogen-bond acceptors (Lipinski definition) is 5. The SMILES string of the molecule is CNC(=O)c1cc(Oc2ccc(NC(=O)/C(C#N)=C/c3ccccc3)cc2)ccn1. The number of amides is 2. The van der Waals surface area contributed by atoms with Crippen molar-refractivity contribution in [2.24, 2.45) is 0 Å². The third-order valence-corrected chi connectivity index (χ3v) is 4.01. The van der Waals surface area contributed by atoms with E-state index in [9.17, 15) is 14.9 Å². The van der Waals surface area contributed by atoms with E-state index in [1.807, 2.05) is 36.4 Å². The summed E-state index contributed by atoms with van der Waals surface area (Å²) in [6, 6.07) is 20.9. The molecule has 0 saturated carbocycles. The average molecular weight is 398 g/mol. The molecule has 30 heavy (non-hydrogen) atoms. The van der Waals surface area contributed by atoms with Crippen LogP contribution in [-0.4, -0.2) is 23.8 Å². The van der Waals surface area contributed by atoms with E-state index in [4.69, 9.17) is 4.74 Å². The number of pyridine rings is 1. The van der Waals surface area contributed by atoms with Crippen LogP contribution >= 0.6 is 0 Å². The Morgan fingerprint density at radius 3 is 2.43 bits per heavy atom. The molecule has 1 aromatic heterocycles. The van der Waals surface area contributed by atoms with Gasteiger partial charge >= 0.3 is 0 Å². The first-order chi connectivity index (χ1) is 14.6. The minimum absolute atomic E-state index is 0.0000391. The van der Waals surface area contributed by atoms with Crippen LogP contribution in [0.5, 0.6) is 11.5 Å². The van der Waals surface area contributed by atoms with Crippen LogP contribution in [0.4, 0.5) is 5.69 Å². The van der Waals surface area contributed by atoms with Gasteiger partial charge in [-0.2, -0.15) is 5.26 Å². The Balaban J connectivity index is 1.67. The van der Waals surface area contributed by atoms with Gasteiger partial charge in [0.05, 0.1) is 0 Å². The van der Waals surface area contributed by atoms with Crippen molar-refractivity contribution in [3.05, 3.63) is 89.8 Å². The lowest BCUT2D eigenvalue weighted by molar-refractivity contribution is -0.112. The largest absolute Gasteiger partial charge is 0.457 e. The highest BCUT2D eigenvalue weighted by molar-refractivity contribution is 6.09. The summed E-state index contributed by atoms with van der Waals surface area (Å²) < 4.78 is 5.72. The first-order valence-corrected chi connectivity index (χ1v) is 9.03. The van der Waals surface area contributed by atoms with Gasteiger partial charge in [0.15, 0.2) is 0 Å². The predicted octanol–water partition coefficient (Wildman–Crippen LogP) is 3.78. The molecule has 3 aromatic rings. The lowest BCUT2D eigenvalue weighted by Gasteiger charge is -2.08. The van der Waals surface area contributed by atoms with E-state index in [-0.39, 0.29) is 17.2 Å². The summed E-state index contributed by atoms with van der Waals surface area (Å²) in [7, 11) is 1.53. The normalized spacial score (nSPS) is 10.6. The van der Waals surface area contributed by atoms with Gasteiger partial charge in [-0.05, 0) is 42.0 Å². The number of carbonyl (C=O) groups is 2.